The molecule has 1 aromatic rings. The van der Waals surface area contributed by atoms with Gasteiger partial charge in [-0.2, -0.15) is 8.42 Å². The van der Waals surface area contributed by atoms with Crippen LogP contribution in [0.2, 0.25) is 0 Å². The molecule has 1 aromatic carbocycles. The molecule has 2 unspecified atom stereocenters. The number of benzene rings is 1. The summed E-state index contributed by atoms with van der Waals surface area (Å²) in [6.07, 6.45) is 5.06. The first-order valence-corrected chi connectivity index (χ1v) is 8.85. The van der Waals surface area contributed by atoms with Crippen molar-refractivity contribution in [1.82, 2.24) is 0 Å². The fourth-order valence-electron chi connectivity index (χ4n) is 2.04. The van der Waals surface area contributed by atoms with Crippen LogP contribution in [-0.2, 0) is 14.3 Å². The molecule has 2 atom stereocenters. The minimum Gasteiger partial charge on any atom is -0.263 e. The van der Waals surface area contributed by atoms with Crippen LogP contribution in [0.15, 0.2) is 35.2 Å². The van der Waals surface area contributed by atoms with Gasteiger partial charge in [0.1, 0.15) is 0 Å². The van der Waals surface area contributed by atoms with Gasteiger partial charge in [-0.1, -0.05) is 57.7 Å². The van der Waals surface area contributed by atoms with E-state index in [1.54, 1.807) is 30.3 Å². The van der Waals surface area contributed by atoms with Crippen LogP contribution in [0.3, 0.4) is 0 Å². The molecule has 0 amide bonds. The summed E-state index contributed by atoms with van der Waals surface area (Å²) in [5, 5.41) is 0. The zero-order valence-corrected chi connectivity index (χ0v) is 16.5. The van der Waals surface area contributed by atoms with E-state index in [9.17, 15) is 8.42 Å². The van der Waals surface area contributed by atoms with E-state index in [1.165, 1.54) is 12.8 Å². The molecular formula is C16H26NaO3S. The first-order valence-electron chi connectivity index (χ1n) is 7.44. The molecule has 115 valence electrons. The average molecular weight is 321 g/mol. The molecule has 0 N–H and O–H groups in total. The molecule has 0 saturated heterocycles. The maximum atomic E-state index is 12.0. The molecule has 0 saturated carbocycles. The fraction of sp³-hybridized carbons (Fsp3) is 0.625. The van der Waals surface area contributed by atoms with E-state index in [0.29, 0.717) is 0 Å². The second-order valence-corrected chi connectivity index (χ2v) is 7.04. The molecule has 0 spiro atoms. The molecular weight excluding hydrogens is 295 g/mol. The van der Waals surface area contributed by atoms with Crippen molar-refractivity contribution in [3.63, 3.8) is 0 Å². The van der Waals surface area contributed by atoms with Crippen LogP contribution < -0.4 is 0 Å². The standard InChI is InChI=1S/C16H26O3S.Na/c1-4-14(2)10-8-9-11-15(3)19-20(17,18)16-12-6-5-7-13-16;/h5-7,12-15H,4,8-11H2,1-3H3;. The molecule has 0 aliphatic carbocycles. The van der Waals surface area contributed by atoms with Gasteiger partial charge in [0.15, 0.2) is 0 Å². The van der Waals surface area contributed by atoms with Crippen LogP contribution in [0.5, 0.6) is 0 Å². The Hall–Kier alpha value is 0.130. The van der Waals surface area contributed by atoms with E-state index in [4.69, 9.17) is 4.18 Å². The Bertz CT molecular complexity index is 474. The molecule has 21 heavy (non-hydrogen) atoms. The molecule has 0 heterocycles. The largest absolute Gasteiger partial charge is 0.297 e. The van der Waals surface area contributed by atoms with Gasteiger partial charge < -0.3 is 0 Å². The second kappa shape index (κ2) is 10.8. The van der Waals surface area contributed by atoms with Crippen molar-refractivity contribution in [2.75, 3.05) is 0 Å². The van der Waals surface area contributed by atoms with E-state index in [2.05, 4.69) is 13.8 Å². The molecule has 0 aliphatic heterocycles. The summed E-state index contributed by atoms with van der Waals surface area (Å²) in [4.78, 5) is 0.228. The van der Waals surface area contributed by atoms with Crippen LogP contribution in [0.4, 0.5) is 0 Å². The Labute approximate surface area is 151 Å². The summed E-state index contributed by atoms with van der Waals surface area (Å²) >= 11 is 0. The Kier molecular flexibility index (Phi) is 10.9. The molecule has 3 nitrogen and oxygen atoms in total. The summed E-state index contributed by atoms with van der Waals surface area (Å²) in [6.45, 7) is 6.27. The monoisotopic (exact) mass is 321 g/mol. The van der Waals surface area contributed by atoms with E-state index in [0.717, 1.165) is 25.2 Å². The minimum absolute atomic E-state index is 0. The Morgan fingerprint density at radius 3 is 2.19 bits per heavy atom. The van der Waals surface area contributed by atoms with Gasteiger partial charge in [-0.3, -0.25) is 4.18 Å². The molecule has 0 fully saturated rings. The van der Waals surface area contributed by atoms with Crippen molar-refractivity contribution in [2.45, 2.75) is 63.9 Å². The molecule has 5 heteroatoms. The minimum atomic E-state index is -3.62. The second-order valence-electron chi connectivity index (χ2n) is 5.47. The maximum Gasteiger partial charge on any atom is 0.297 e. The van der Waals surface area contributed by atoms with Crippen LogP contribution in [-0.4, -0.2) is 44.1 Å². The average Bonchev–Trinajstić information content (AvgIpc) is 2.43. The van der Waals surface area contributed by atoms with Gasteiger partial charge >= 0.3 is 0 Å². The summed E-state index contributed by atoms with van der Waals surface area (Å²) in [7, 11) is -3.62. The van der Waals surface area contributed by atoms with Gasteiger partial charge in [-0.15, -0.1) is 0 Å². The van der Waals surface area contributed by atoms with Gasteiger partial charge in [0.25, 0.3) is 10.1 Å². The van der Waals surface area contributed by atoms with Crippen molar-refractivity contribution >= 4 is 39.7 Å². The Balaban J connectivity index is 0.00000400. The normalized spacial score (nSPS) is 14.2. The predicted octanol–water partition coefficient (Wildman–Crippen LogP) is 4.01. The quantitative estimate of drug-likeness (QED) is 0.392. The molecule has 0 aromatic heterocycles. The van der Waals surface area contributed by atoms with Crippen LogP contribution >= 0.6 is 0 Å². The van der Waals surface area contributed by atoms with Crippen LogP contribution in [0, 0.1) is 5.92 Å². The van der Waals surface area contributed by atoms with Crippen LogP contribution in [0.1, 0.15) is 52.9 Å². The maximum absolute atomic E-state index is 12.0. The summed E-state index contributed by atoms with van der Waals surface area (Å²) < 4.78 is 29.2. The summed E-state index contributed by atoms with van der Waals surface area (Å²) in [5.41, 5.74) is 0. The van der Waals surface area contributed by atoms with Gasteiger partial charge in [0, 0.05) is 29.6 Å². The zero-order valence-electron chi connectivity index (χ0n) is 13.7. The summed E-state index contributed by atoms with van der Waals surface area (Å²) in [5.74, 6) is 0.749. The van der Waals surface area contributed by atoms with Crippen LogP contribution in [0.25, 0.3) is 0 Å². The number of unbranched alkanes of at least 4 members (excludes halogenated alkanes) is 1. The van der Waals surface area contributed by atoms with E-state index >= 15 is 0 Å². The van der Waals surface area contributed by atoms with Crippen molar-refractivity contribution in [2.24, 2.45) is 5.92 Å². The first-order chi connectivity index (χ1) is 9.45. The number of hydrogen-bond acceptors (Lipinski definition) is 3. The third kappa shape index (κ3) is 8.36. The Morgan fingerprint density at radius 2 is 1.62 bits per heavy atom. The molecule has 1 radical (unpaired) electrons. The predicted molar refractivity (Wildman–Crippen MR) is 87.9 cm³/mol. The van der Waals surface area contributed by atoms with Crippen molar-refractivity contribution in [1.29, 1.82) is 0 Å². The third-order valence-corrected chi connectivity index (χ3v) is 5.01. The van der Waals surface area contributed by atoms with Gasteiger partial charge in [0.2, 0.25) is 0 Å². The van der Waals surface area contributed by atoms with E-state index in [1.807, 2.05) is 6.92 Å². The summed E-state index contributed by atoms with van der Waals surface area (Å²) in [6, 6.07) is 8.31. The van der Waals surface area contributed by atoms with Crippen molar-refractivity contribution in [3.8, 4) is 0 Å². The van der Waals surface area contributed by atoms with Gasteiger partial charge in [-0.25, -0.2) is 0 Å². The van der Waals surface area contributed by atoms with Crippen molar-refractivity contribution < 1.29 is 12.6 Å². The number of rotatable bonds is 9. The van der Waals surface area contributed by atoms with Gasteiger partial charge in [-0.05, 0) is 31.4 Å². The topological polar surface area (TPSA) is 43.4 Å². The van der Waals surface area contributed by atoms with E-state index in [-0.39, 0.29) is 40.6 Å². The third-order valence-electron chi connectivity index (χ3n) is 3.58. The zero-order chi connectivity index (χ0) is 15.0. The first kappa shape index (κ1) is 21.1. The van der Waals surface area contributed by atoms with Crippen molar-refractivity contribution in [3.05, 3.63) is 30.3 Å². The Morgan fingerprint density at radius 1 is 1.05 bits per heavy atom. The number of hydrogen-bond donors (Lipinski definition) is 0. The molecule has 0 aliphatic rings. The van der Waals surface area contributed by atoms with E-state index < -0.39 is 10.1 Å². The molecule has 0 bridgehead atoms. The smallest absolute Gasteiger partial charge is 0.263 e. The van der Waals surface area contributed by atoms with Gasteiger partial charge in [0.05, 0.1) is 11.0 Å². The fourth-order valence-corrected chi connectivity index (χ4v) is 3.17. The molecule has 1 rings (SSSR count). The SMILES string of the molecule is CCC(C)CCCCC(C)OS(=O)(=O)c1ccccc1.[Na].